The Hall–Kier alpha value is -3.06. The third-order valence-electron chi connectivity index (χ3n) is 6.40. The smallest absolute Gasteiger partial charge is 0.267 e. The summed E-state index contributed by atoms with van der Waals surface area (Å²) in [5.74, 6) is -0.318. The van der Waals surface area contributed by atoms with Gasteiger partial charge in [0.2, 0.25) is 0 Å². The molecule has 2 N–H and O–H groups in total. The minimum atomic E-state index is -3.22. The average Bonchev–Trinajstić information content (AvgIpc) is 3.37. The Morgan fingerprint density at radius 1 is 1.24 bits per heavy atom. The molecule has 0 unspecified atom stereocenters. The number of aliphatic hydroxyl groups excluding tert-OH is 1. The number of pyridine rings is 1. The number of aromatic nitrogens is 2. The number of nitrogens with one attached hydrogen (secondary N) is 1. The fraction of sp³-hybridized carbons (Fsp3) is 0.280. The molecule has 2 fully saturated rings. The molecule has 0 spiro atoms. The van der Waals surface area contributed by atoms with Crippen LogP contribution in [0, 0.1) is 6.92 Å². The van der Waals surface area contributed by atoms with Crippen molar-refractivity contribution in [3.63, 3.8) is 0 Å². The van der Waals surface area contributed by atoms with Gasteiger partial charge in [-0.25, -0.2) is 13.4 Å². The number of carbonyl (C=O) groups is 1. The summed E-state index contributed by atoms with van der Waals surface area (Å²) in [5.41, 5.74) is 1.69. The number of sulfone groups is 1. The predicted molar refractivity (Wildman–Crippen MR) is 148 cm³/mol. The quantitative estimate of drug-likeness (QED) is 0.349. The van der Waals surface area contributed by atoms with Gasteiger partial charge in [-0.3, -0.25) is 18.9 Å². The summed E-state index contributed by atoms with van der Waals surface area (Å²) < 4.78 is 25.6. The van der Waals surface area contributed by atoms with Gasteiger partial charge in [-0.1, -0.05) is 60.4 Å². The van der Waals surface area contributed by atoms with Crippen LogP contribution in [0.2, 0.25) is 0 Å². The monoisotopic (exact) mass is 556 g/mol. The highest BCUT2D eigenvalue weighted by molar-refractivity contribution is 8.26. The molecule has 0 aliphatic carbocycles. The molecule has 2 saturated heterocycles. The second-order valence-electron chi connectivity index (χ2n) is 8.98. The first-order valence-electron chi connectivity index (χ1n) is 11.6. The SMILES string of the molecule is Cc1cccn2c(=O)c(/C=C3\SC(=S)N([C@@H]4CCS(=O)(=O)C4)C3=O)c(NC[C@H](O)c3ccccc3)nc12. The largest absolute Gasteiger partial charge is 0.387 e. The Kier molecular flexibility index (Phi) is 6.92. The van der Waals surface area contributed by atoms with Crippen LogP contribution in [-0.2, 0) is 14.6 Å². The van der Waals surface area contributed by atoms with Crippen LogP contribution in [0.3, 0.4) is 0 Å². The number of hydrogen-bond donors (Lipinski definition) is 2. The van der Waals surface area contributed by atoms with E-state index >= 15 is 0 Å². The van der Waals surface area contributed by atoms with Crippen molar-refractivity contribution in [1.82, 2.24) is 14.3 Å². The van der Waals surface area contributed by atoms with Gasteiger partial charge in [0.05, 0.1) is 34.1 Å². The van der Waals surface area contributed by atoms with Crippen molar-refractivity contribution in [2.24, 2.45) is 0 Å². The number of thioether (sulfide) groups is 1. The molecular formula is C25H24N4O5S3. The van der Waals surface area contributed by atoms with E-state index in [0.29, 0.717) is 17.6 Å². The van der Waals surface area contributed by atoms with Gasteiger partial charge in [-0.05, 0) is 36.6 Å². The zero-order valence-electron chi connectivity index (χ0n) is 19.8. The minimum absolute atomic E-state index is 0.0148. The van der Waals surface area contributed by atoms with Gasteiger partial charge < -0.3 is 10.4 Å². The van der Waals surface area contributed by atoms with Crippen LogP contribution in [0.5, 0.6) is 0 Å². The molecule has 3 aromatic rings. The number of thiocarbonyl (C=S) groups is 1. The topological polar surface area (TPSA) is 121 Å². The summed E-state index contributed by atoms with van der Waals surface area (Å²) in [6.07, 6.45) is 2.52. The fourth-order valence-corrected chi connectivity index (χ4v) is 7.55. The van der Waals surface area contributed by atoms with Gasteiger partial charge in [0, 0.05) is 12.7 Å². The molecule has 2 aliphatic heterocycles. The molecular weight excluding hydrogens is 532 g/mol. The molecule has 2 atom stereocenters. The molecule has 9 nitrogen and oxygen atoms in total. The lowest BCUT2D eigenvalue weighted by atomic mass is 10.1. The lowest BCUT2D eigenvalue weighted by molar-refractivity contribution is -0.123. The maximum absolute atomic E-state index is 13.5. The van der Waals surface area contributed by atoms with Crippen LogP contribution in [0.25, 0.3) is 11.7 Å². The highest BCUT2D eigenvalue weighted by Crippen LogP contribution is 2.36. The molecule has 37 heavy (non-hydrogen) atoms. The van der Waals surface area contributed by atoms with Gasteiger partial charge in [-0.2, -0.15) is 0 Å². The van der Waals surface area contributed by atoms with E-state index < -0.39 is 27.9 Å². The number of nitrogens with zero attached hydrogens (tertiary/aromatic N) is 3. The van der Waals surface area contributed by atoms with Crippen molar-refractivity contribution in [3.05, 3.63) is 80.6 Å². The van der Waals surface area contributed by atoms with E-state index in [-0.39, 0.29) is 44.2 Å². The standard InChI is InChI=1S/C25H24N4O5S3/c1-15-6-5-10-28-22(15)27-21(26-13-19(30)16-7-3-2-4-8-16)18(23(28)31)12-20-24(32)29(25(35)36-20)17-9-11-37(33,34)14-17/h2-8,10,12,17,19,26,30H,9,11,13-14H2,1H3/b20-12-/t17-,19+/m1/s1. The summed E-state index contributed by atoms with van der Waals surface area (Å²) in [5, 5.41) is 13.7. The predicted octanol–water partition coefficient (Wildman–Crippen LogP) is 2.54. The van der Waals surface area contributed by atoms with Crippen molar-refractivity contribution in [2.45, 2.75) is 25.5 Å². The molecule has 5 rings (SSSR count). The van der Waals surface area contributed by atoms with E-state index in [9.17, 15) is 23.1 Å². The van der Waals surface area contributed by atoms with Crippen LogP contribution >= 0.6 is 24.0 Å². The van der Waals surface area contributed by atoms with Crippen molar-refractivity contribution in [3.8, 4) is 0 Å². The highest BCUT2D eigenvalue weighted by Gasteiger charge is 2.42. The van der Waals surface area contributed by atoms with Gasteiger partial charge in [0.25, 0.3) is 11.5 Å². The van der Waals surface area contributed by atoms with Crippen molar-refractivity contribution in [2.75, 3.05) is 23.4 Å². The van der Waals surface area contributed by atoms with Gasteiger partial charge in [-0.15, -0.1) is 0 Å². The van der Waals surface area contributed by atoms with E-state index in [1.54, 1.807) is 24.4 Å². The summed E-state index contributed by atoms with van der Waals surface area (Å²) >= 11 is 6.44. The Balaban J connectivity index is 1.53. The average molecular weight is 557 g/mol. The zero-order valence-corrected chi connectivity index (χ0v) is 22.3. The normalized spacial score (nSPS) is 21.2. The van der Waals surface area contributed by atoms with E-state index in [1.807, 2.05) is 31.2 Å². The van der Waals surface area contributed by atoms with Crippen molar-refractivity contribution < 1.29 is 18.3 Å². The van der Waals surface area contributed by atoms with Gasteiger partial charge >= 0.3 is 0 Å². The summed E-state index contributed by atoms with van der Waals surface area (Å²) in [6.45, 7) is 1.92. The lowest BCUT2D eigenvalue weighted by Crippen LogP contribution is -2.39. The second kappa shape index (κ2) is 10.0. The molecule has 2 aromatic heterocycles. The molecule has 12 heteroatoms. The molecule has 0 bridgehead atoms. The highest BCUT2D eigenvalue weighted by atomic mass is 32.2. The molecule has 1 aromatic carbocycles. The Morgan fingerprint density at radius 3 is 2.70 bits per heavy atom. The molecule has 4 heterocycles. The Morgan fingerprint density at radius 2 is 2.00 bits per heavy atom. The third kappa shape index (κ3) is 5.06. The summed E-state index contributed by atoms with van der Waals surface area (Å²) in [6, 6.07) is 12.2. The van der Waals surface area contributed by atoms with Crippen LogP contribution in [0.15, 0.2) is 58.4 Å². The fourth-order valence-electron chi connectivity index (χ4n) is 4.47. The third-order valence-corrected chi connectivity index (χ3v) is 9.48. The Labute approximate surface area is 223 Å². The van der Waals surface area contributed by atoms with E-state index in [4.69, 9.17) is 12.2 Å². The molecule has 0 radical (unpaired) electrons. The first kappa shape index (κ1) is 25.6. The van der Waals surface area contributed by atoms with E-state index in [2.05, 4.69) is 10.3 Å². The molecule has 2 aliphatic rings. The zero-order chi connectivity index (χ0) is 26.3. The first-order chi connectivity index (χ1) is 17.6. The number of fused-ring (bicyclic) bond motifs is 1. The minimum Gasteiger partial charge on any atom is -0.387 e. The van der Waals surface area contributed by atoms with Crippen LogP contribution in [0.1, 0.15) is 29.2 Å². The van der Waals surface area contributed by atoms with Crippen molar-refractivity contribution in [1.29, 1.82) is 0 Å². The molecule has 1 amide bonds. The van der Waals surface area contributed by atoms with Crippen molar-refractivity contribution >= 4 is 61.6 Å². The van der Waals surface area contributed by atoms with Gasteiger partial charge in [0.15, 0.2) is 9.84 Å². The summed E-state index contributed by atoms with van der Waals surface area (Å²) in [4.78, 5) is 33.0. The van der Waals surface area contributed by atoms with Crippen LogP contribution in [0.4, 0.5) is 5.82 Å². The molecule has 0 saturated carbocycles. The van der Waals surface area contributed by atoms with E-state index in [0.717, 1.165) is 17.3 Å². The first-order valence-corrected chi connectivity index (χ1v) is 14.7. The second-order valence-corrected chi connectivity index (χ2v) is 12.9. The number of aryl methyl sites for hydroxylation is 1. The van der Waals surface area contributed by atoms with Crippen LogP contribution < -0.4 is 10.9 Å². The van der Waals surface area contributed by atoms with Gasteiger partial charge in [0.1, 0.15) is 15.8 Å². The number of amides is 1. The number of benzene rings is 1. The Bertz CT molecular complexity index is 1600. The number of aliphatic hydroxyl groups is 1. The molecule has 192 valence electrons. The van der Waals surface area contributed by atoms with E-state index in [1.165, 1.54) is 15.4 Å². The lowest BCUT2D eigenvalue weighted by Gasteiger charge is -2.21. The maximum atomic E-state index is 13.5. The number of anilines is 1. The number of carbonyl (C=O) groups excluding carboxylic acids is 1. The summed E-state index contributed by atoms with van der Waals surface area (Å²) in [7, 11) is -3.22. The maximum Gasteiger partial charge on any atom is 0.267 e. The number of rotatable bonds is 6. The van der Waals surface area contributed by atoms with Crippen LogP contribution in [-0.4, -0.2) is 62.1 Å². The number of hydrogen-bond acceptors (Lipinski definition) is 9.